The molecule has 0 atom stereocenters. The van der Waals surface area contributed by atoms with Gasteiger partial charge in [-0.25, -0.2) is 4.39 Å². The first-order valence-corrected chi connectivity index (χ1v) is 6.33. The van der Waals surface area contributed by atoms with E-state index in [0.29, 0.717) is 0 Å². The zero-order valence-corrected chi connectivity index (χ0v) is 11.3. The lowest BCUT2D eigenvalue weighted by Gasteiger charge is -2.11. The SMILES string of the molecule is CN(C)C/C=C(\c1ccccc1)c1cccc(F)c1. The summed E-state index contributed by atoms with van der Waals surface area (Å²) in [5.41, 5.74) is 3.08. The Kier molecular flexibility index (Phi) is 4.48. The second-order valence-corrected chi connectivity index (χ2v) is 4.76. The zero-order chi connectivity index (χ0) is 13.7. The molecule has 0 heterocycles. The number of benzene rings is 2. The van der Waals surface area contributed by atoms with Crippen LogP contribution in [-0.4, -0.2) is 25.5 Å². The number of rotatable bonds is 4. The lowest BCUT2D eigenvalue weighted by atomic mass is 9.97. The molecule has 2 aromatic rings. The Labute approximate surface area is 114 Å². The summed E-state index contributed by atoms with van der Waals surface area (Å²) in [6, 6.07) is 16.8. The van der Waals surface area contributed by atoms with Crippen molar-refractivity contribution < 1.29 is 4.39 Å². The second kappa shape index (κ2) is 6.30. The summed E-state index contributed by atoms with van der Waals surface area (Å²) >= 11 is 0. The molecule has 98 valence electrons. The van der Waals surface area contributed by atoms with Gasteiger partial charge in [0, 0.05) is 6.54 Å². The fourth-order valence-corrected chi connectivity index (χ4v) is 1.95. The van der Waals surface area contributed by atoms with Crippen molar-refractivity contribution in [1.82, 2.24) is 4.90 Å². The van der Waals surface area contributed by atoms with Crippen molar-refractivity contribution in [2.24, 2.45) is 0 Å². The molecular weight excluding hydrogens is 237 g/mol. The molecular formula is C17H18FN. The molecule has 2 aromatic carbocycles. The van der Waals surface area contributed by atoms with Crippen LogP contribution in [0.4, 0.5) is 4.39 Å². The third-order valence-corrected chi connectivity index (χ3v) is 2.88. The Morgan fingerprint density at radius 2 is 1.68 bits per heavy atom. The molecule has 19 heavy (non-hydrogen) atoms. The van der Waals surface area contributed by atoms with E-state index in [-0.39, 0.29) is 5.82 Å². The second-order valence-electron chi connectivity index (χ2n) is 4.76. The van der Waals surface area contributed by atoms with Gasteiger partial charge in [-0.05, 0) is 42.9 Å². The zero-order valence-electron chi connectivity index (χ0n) is 11.3. The molecule has 0 aliphatic heterocycles. The van der Waals surface area contributed by atoms with Crippen LogP contribution in [0.5, 0.6) is 0 Å². The monoisotopic (exact) mass is 255 g/mol. The van der Waals surface area contributed by atoms with Crippen LogP contribution >= 0.6 is 0 Å². The average molecular weight is 255 g/mol. The maximum atomic E-state index is 13.4. The summed E-state index contributed by atoms with van der Waals surface area (Å²) in [6.07, 6.45) is 2.13. The van der Waals surface area contributed by atoms with Gasteiger partial charge >= 0.3 is 0 Å². The van der Waals surface area contributed by atoms with Crippen LogP contribution in [-0.2, 0) is 0 Å². The number of hydrogen-bond acceptors (Lipinski definition) is 1. The summed E-state index contributed by atoms with van der Waals surface area (Å²) in [5, 5.41) is 0. The van der Waals surface area contributed by atoms with E-state index in [0.717, 1.165) is 23.2 Å². The first-order chi connectivity index (χ1) is 9.16. The molecule has 0 spiro atoms. The van der Waals surface area contributed by atoms with Crippen LogP contribution in [0.15, 0.2) is 60.7 Å². The number of likely N-dealkylation sites (N-methyl/N-ethyl adjacent to an activating group) is 1. The van der Waals surface area contributed by atoms with Gasteiger partial charge in [0.05, 0.1) is 0 Å². The van der Waals surface area contributed by atoms with Gasteiger partial charge in [0.2, 0.25) is 0 Å². The molecule has 2 rings (SSSR count). The summed E-state index contributed by atoms with van der Waals surface area (Å²) in [4.78, 5) is 2.09. The van der Waals surface area contributed by atoms with Crippen LogP contribution in [0, 0.1) is 5.82 Å². The van der Waals surface area contributed by atoms with Crippen molar-refractivity contribution in [3.05, 3.63) is 77.6 Å². The minimum Gasteiger partial charge on any atom is -0.306 e. The first kappa shape index (κ1) is 13.5. The molecule has 0 bridgehead atoms. The van der Waals surface area contributed by atoms with Crippen LogP contribution in [0.3, 0.4) is 0 Å². The van der Waals surface area contributed by atoms with Gasteiger partial charge in [-0.2, -0.15) is 0 Å². The van der Waals surface area contributed by atoms with E-state index in [1.807, 2.05) is 50.5 Å². The standard InChI is InChI=1S/C17H18FN/c1-19(2)12-11-17(14-7-4-3-5-8-14)15-9-6-10-16(18)13-15/h3-11,13H,12H2,1-2H3/b17-11+. The Hall–Kier alpha value is -1.93. The van der Waals surface area contributed by atoms with Crippen molar-refractivity contribution in [2.45, 2.75) is 0 Å². The van der Waals surface area contributed by atoms with E-state index in [1.165, 1.54) is 6.07 Å². The van der Waals surface area contributed by atoms with Gasteiger partial charge in [0.15, 0.2) is 0 Å². The van der Waals surface area contributed by atoms with Crippen LogP contribution in [0.2, 0.25) is 0 Å². The van der Waals surface area contributed by atoms with Crippen molar-refractivity contribution in [2.75, 3.05) is 20.6 Å². The molecule has 0 aliphatic carbocycles. The predicted molar refractivity (Wildman–Crippen MR) is 78.5 cm³/mol. The minimum atomic E-state index is -0.204. The van der Waals surface area contributed by atoms with E-state index in [1.54, 1.807) is 12.1 Å². The Bertz CT molecular complexity index is 558. The Morgan fingerprint density at radius 1 is 1.00 bits per heavy atom. The molecule has 0 amide bonds. The van der Waals surface area contributed by atoms with Crippen molar-refractivity contribution in [3.8, 4) is 0 Å². The quantitative estimate of drug-likeness (QED) is 0.802. The summed E-state index contributed by atoms with van der Waals surface area (Å²) in [5.74, 6) is -0.204. The highest BCUT2D eigenvalue weighted by Gasteiger charge is 2.05. The molecule has 0 saturated heterocycles. The van der Waals surface area contributed by atoms with Crippen LogP contribution in [0.1, 0.15) is 11.1 Å². The van der Waals surface area contributed by atoms with Crippen LogP contribution < -0.4 is 0 Å². The van der Waals surface area contributed by atoms with Gasteiger partial charge in [-0.15, -0.1) is 0 Å². The first-order valence-electron chi connectivity index (χ1n) is 6.33. The lowest BCUT2D eigenvalue weighted by Crippen LogP contribution is -2.11. The lowest BCUT2D eigenvalue weighted by molar-refractivity contribution is 0.457. The maximum Gasteiger partial charge on any atom is 0.123 e. The van der Waals surface area contributed by atoms with Gasteiger partial charge in [-0.3, -0.25) is 0 Å². The molecule has 0 saturated carbocycles. The van der Waals surface area contributed by atoms with E-state index in [4.69, 9.17) is 0 Å². The molecule has 0 aliphatic rings. The molecule has 0 aromatic heterocycles. The summed E-state index contributed by atoms with van der Waals surface area (Å²) in [7, 11) is 4.04. The third-order valence-electron chi connectivity index (χ3n) is 2.88. The molecule has 0 N–H and O–H groups in total. The molecule has 2 heteroatoms. The smallest absolute Gasteiger partial charge is 0.123 e. The summed E-state index contributed by atoms with van der Waals surface area (Å²) < 4.78 is 13.4. The van der Waals surface area contributed by atoms with Crippen molar-refractivity contribution in [1.29, 1.82) is 0 Å². The van der Waals surface area contributed by atoms with E-state index in [2.05, 4.69) is 11.0 Å². The van der Waals surface area contributed by atoms with Gasteiger partial charge in [0.25, 0.3) is 0 Å². The van der Waals surface area contributed by atoms with Crippen molar-refractivity contribution in [3.63, 3.8) is 0 Å². The summed E-state index contributed by atoms with van der Waals surface area (Å²) in [6.45, 7) is 0.820. The highest BCUT2D eigenvalue weighted by atomic mass is 19.1. The van der Waals surface area contributed by atoms with E-state index in [9.17, 15) is 4.39 Å². The number of halogens is 1. The van der Waals surface area contributed by atoms with E-state index >= 15 is 0 Å². The molecule has 0 unspecified atom stereocenters. The fourth-order valence-electron chi connectivity index (χ4n) is 1.95. The highest BCUT2D eigenvalue weighted by Crippen LogP contribution is 2.23. The fraction of sp³-hybridized carbons (Fsp3) is 0.176. The minimum absolute atomic E-state index is 0.204. The Balaban J connectivity index is 2.43. The molecule has 0 fully saturated rings. The van der Waals surface area contributed by atoms with Crippen molar-refractivity contribution >= 4 is 5.57 Å². The van der Waals surface area contributed by atoms with Gasteiger partial charge in [-0.1, -0.05) is 48.5 Å². The molecule has 1 nitrogen and oxygen atoms in total. The Morgan fingerprint density at radius 3 is 2.32 bits per heavy atom. The normalized spacial score (nSPS) is 11.9. The maximum absolute atomic E-state index is 13.4. The predicted octanol–water partition coefficient (Wildman–Crippen LogP) is 3.82. The average Bonchev–Trinajstić information content (AvgIpc) is 2.40. The van der Waals surface area contributed by atoms with Crippen LogP contribution in [0.25, 0.3) is 5.57 Å². The number of nitrogens with zero attached hydrogens (tertiary/aromatic N) is 1. The largest absolute Gasteiger partial charge is 0.306 e. The van der Waals surface area contributed by atoms with E-state index < -0.39 is 0 Å². The molecule has 0 radical (unpaired) electrons. The topological polar surface area (TPSA) is 3.24 Å². The number of hydrogen-bond donors (Lipinski definition) is 0. The third kappa shape index (κ3) is 3.76. The highest BCUT2D eigenvalue weighted by molar-refractivity contribution is 5.79. The van der Waals surface area contributed by atoms with Gasteiger partial charge in [0.1, 0.15) is 5.82 Å². The van der Waals surface area contributed by atoms with Gasteiger partial charge < -0.3 is 4.90 Å².